The van der Waals surface area contributed by atoms with Crippen molar-refractivity contribution in [1.82, 2.24) is 5.32 Å². The van der Waals surface area contributed by atoms with E-state index in [2.05, 4.69) is 12.2 Å². The first-order valence-electron chi connectivity index (χ1n) is 5.36. The van der Waals surface area contributed by atoms with Crippen LogP contribution in [0, 0.1) is 13.8 Å². The maximum Gasteiger partial charge on any atom is 0.138 e. The third-order valence-electron chi connectivity index (χ3n) is 2.36. The van der Waals surface area contributed by atoms with E-state index in [0.717, 1.165) is 24.2 Å². The van der Waals surface area contributed by atoms with Crippen LogP contribution in [0.25, 0.3) is 0 Å². The molecule has 0 aromatic heterocycles. The van der Waals surface area contributed by atoms with Crippen molar-refractivity contribution in [3.05, 3.63) is 27.2 Å². The molecule has 0 bridgehead atoms. The topological polar surface area (TPSA) is 21.3 Å². The molecule has 0 saturated heterocycles. The second kappa shape index (κ2) is 8.04. The fourth-order valence-electron chi connectivity index (χ4n) is 1.42. The normalized spacial score (nSPS) is 9.94. The Hall–Kier alpha value is -0.150. The summed E-state index contributed by atoms with van der Waals surface area (Å²) in [6, 6.07) is 1.88. The molecule has 0 amide bonds. The predicted molar refractivity (Wildman–Crippen MR) is 77.2 cm³/mol. The van der Waals surface area contributed by atoms with Crippen LogP contribution in [0.2, 0.25) is 10.0 Å². The Bertz CT molecular complexity index is 369. The lowest BCUT2D eigenvalue weighted by molar-refractivity contribution is 0.315. The van der Waals surface area contributed by atoms with Gasteiger partial charge in [-0.3, -0.25) is 0 Å². The quantitative estimate of drug-likeness (QED) is 0.829. The summed E-state index contributed by atoms with van der Waals surface area (Å²) in [5, 5.41) is 4.50. The summed E-state index contributed by atoms with van der Waals surface area (Å²) in [7, 11) is 0. The molecule has 0 atom stereocenters. The van der Waals surface area contributed by atoms with Crippen molar-refractivity contribution in [2.75, 3.05) is 19.7 Å². The minimum atomic E-state index is 0. The van der Waals surface area contributed by atoms with Gasteiger partial charge in [0.2, 0.25) is 0 Å². The molecule has 1 N–H and O–H groups in total. The van der Waals surface area contributed by atoms with Crippen molar-refractivity contribution in [1.29, 1.82) is 0 Å². The Morgan fingerprint density at radius 1 is 1.24 bits per heavy atom. The van der Waals surface area contributed by atoms with Gasteiger partial charge in [-0.05, 0) is 37.6 Å². The van der Waals surface area contributed by atoms with Crippen molar-refractivity contribution in [3.63, 3.8) is 0 Å². The van der Waals surface area contributed by atoms with E-state index >= 15 is 0 Å². The number of hydrogen-bond acceptors (Lipinski definition) is 2. The van der Waals surface area contributed by atoms with Crippen LogP contribution in [0.5, 0.6) is 5.75 Å². The summed E-state index contributed by atoms with van der Waals surface area (Å²) in [5.41, 5.74) is 1.86. The van der Waals surface area contributed by atoms with Crippen LogP contribution in [-0.2, 0) is 0 Å². The molecule has 5 heteroatoms. The molecule has 17 heavy (non-hydrogen) atoms. The lowest BCUT2D eigenvalue weighted by Crippen LogP contribution is -2.20. The van der Waals surface area contributed by atoms with E-state index in [4.69, 9.17) is 27.9 Å². The van der Waals surface area contributed by atoms with Gasteiger partial charge < -0.3 is 10.1 Å². The first-order valence-corrected chi connectivity index (χ1v) is 6.12. The second-order valence-electron chi connectivity index (χ2n) is 3.65. The van der Waals surface area contributed by atoms with Crippen LogP contribution >= 0.6 is 35.6 Å². The zero-order valence-electron chi connectivity index (χ0n) is 10.3. The molecule has 0 unspecified atom stereocenters. The van der Waals surface area contributed by atoms with Crippen LogP contribution < -0.4 is 10.1 Å². The van der Waals surface area contributed by atoms with E-state index in [9.17, 15) is 0 Å². The Kier molecular flexibility index (Phi) is 7.97. The van der Waals surface area contributed by atoms with Gasteiger partial charge in [0.05, 0.1) is 5.02 Å². The molecular weight excluding hydrogens is 280 g/mol. The predicted octanol–water partition coefficient (Wildman–Crippen LogP) is 4.02. The molecular formula is C12H18Cl3NO. The summed E-state index contributed by atoms with van der Waals surface area (Å²) in [6.45, 7) is 8.26. The molecule has 0 fully saturated rings. The molecule has 98 valence electrons. The molecule has 0 aliphatic carbocycles. The van der Waals surface area contributed by atoms with Gasteiger partial charge in [-0.15, -0.1) is 12.4 Å². The third kappa shape index (κ3) is 4.55. The van der Waals surface area contributed by atoms with Crippen LogP contribution in [0.1, 0.15) is 18.1 Å². The third-order valence-corrected chi connectivity index (χ3v) is 3.41. The van der Waals surface area contributed by atoms with Crippen molar-refractivity contribution in [2.24, 2.45) is 0 Å². The van der Waals surface area contributed by atoms with E-state index < -0.39 is 0 Å². The average Bonchev–Trinajstić information content (AvgIpc) is 2.28. The first-order chi connectivity index (χ1) is 7.57. The van der Waals surface area contributed by atoms with Crippen molar-refractivity contribution < 1.29 is 4.74 Å². The van der Waals surface area contributed by atoms with Gasteiger partial charge in [0, 0.05) is 11.6 Å². The lowest BCUT2D eigenvalue weighted by Gasteiger charge is -2.12. The highest BCUT2D eigenvalue weighted by Gasteiger charge is 2.10. The molecule has 0 saturated carbocycles. The minimum Gasteiger partial charge on any atom is -0.491 e. The highest BCUT2D eigenvalue weighted by Crippen LogP contribution is 2.35. The fraction of sp³-hybridized carbons (Fsp3) is 0.500. The molecule has 0 aliphatic heterocycles. The van der Waals surface area contributed by atoms with Crippen LogP contribution in [-0.4, -0.2) is 19.7 Å². The van der Waals surface area contributed by atoms with E-state index in [0.29, 0.717) is 22.4 Å². The number of hydrogen-bond donors (Lipinski definition) is 1. The maximum absolute atomic E-state index is 6.15. The van der Waals surface area contributed by atoms with Gasteiger partial charge in [-0.2, -0.15) is 0 Å². The second-order valence-corrected chi connectivity index (χ2v) is 4.40. The Labute approximate surface area is 119 Å². The summed E-state index contributed by atoms with van der Waals surface area (Å²) >= 11 is 12.2. The zero-order chi connectivity index (χ0) is 12.1. The molecule has 1 rings (SSSR count). The van der Waals surface area contributed by atoms with E-state index in [1.165, 1.54) is 0 Å². The molecule has 0 spiro atoms. The van der Waals surface area contributed by atoms with E-state index in [1.807, 2.05) is 19.9 Å². The van der Waals surface area contributed by atoms with E-state index in [-0.39, 0.29) is 12.4 Å². The van der Waals surface area contributed by atoms with Gasteiger partial charge in [0.15, 0.2) is 0 Å². The van der Waals surface area contributed by atoms with Crippen molar-refractivity contribution >= 4 is 35.6 Å². The molecule has 0 radical (unpaired) electrons. The molecule has 2 nitrogen and oxygen atoms in total. The Morgan fingerprint density at radius 2 is 1.88 bits per heavy atom. The van der Waals surface area contributed by atoms with Gasteiger partial charge in [-0.25, -0.2) is 0 Å². The lowest BCUT2D eigenvalue weighted by atomic mass is 10.1. The number of rotatable bonds is 5. The first kappa shape index (κ1) is 16.9. The summed E-state index contributed by atoms with van der Waals surface area (Å²) < 4.78 is 5.60. The minimum absolute atomic E-state index is 0. The van der Waals surface area contributed by atoms with Gasteiger partial charge >= 0.3 is 0 Å². The Morgan fingerprint density at radius 3 is 2.47 bits per heavy atom. The fourth-order valence-corrected chi connectivity index (χ4v) is 1.82. The highest BCUT2D eigenvalue weighted by atomic mass is 35.5. The Balaban J connectivity index is 0.00000256. The zero-order valence-corrected chi connectivity index (χ0v) is 12.6. The SMILES string of the molecule is CCNCCOc1cc(C)c(Cl)c(C)c1Cl.Cl. The number of likely N-dealkylation sites (N-methyl/N-ethyl adjacent to an activating group) is 1. The summed E-state index contributed by atoms with van der Waals surface area (Å²) in [4.78, 5) is 0. The van der Waals surface area contributed by atoms with Crippen LogP contribution in [0.3, 0.4) is 0 Å². The summed E-state index contributed by atoms with van der Waals surface area (Å²) in [6.07, 6.45) is 0. The van der Waals surface area contributed by atoms with E-state index in [1.54, 1.807) is 0 Å². The highest BCUT2D eigenvalue weighted by molar-refractivity contribution is 6.37. The molecule has 0 heterocycles. The van der Waals surface area contributed by atoms with Gasteiger partial charge in [0.1, 0.15) is 12.4 Å². The van der Waals surface area contributed by atoms with Gasteiger partial charge in [-0.1, -0.05) is 30.1 Å². The smallest absolute Gasteiger partial charge is 0.138 e. The number of halogens is 3. The average molecular weight is 299 g/mol. The molecule has 0 aliphatic rings. The number of benzene rings is 1. The number of aryl methyl sites for hydroxylation is 1. The van der Waals surface area contributed by atoms with Crippen molar-refractivity contribution in [3.8, 4) is 5.75 Å². The van der Waals surface area contributed by atoms with Gasteiger partial charge in [0.25, 0.3) is 0 Å². The standard InChI is InChI=1S/C12H17Cl2NO.ClH/c1-4-15-5-6-16-10-7-8(2)11(13)9(3)12(10)14;/h7,15H,4-6H2,1-3H3;1H. The summed E-state index contributed by atoms with van der Waals surface area (Å²) in [5.74, 6) is 0.707. The molecule has 1 aromatic carbocycles. The number of ether oxygens (including phenoxy) is 1. The maximum atomic E-state index is 6.15. The number of nitrogens with one attached hydrogen (secondary N) is 1. The van der Waals surface area contributed by atoms with Crippen LogP contribution in [0.4, 0.5) is 0 Å². The largest absolute Gasteiger partial charge is 0.491 e. The molecule has 1 aromatic rings. The van der Waals surface area contributed by atoms with Crippen LogP contribution in [0.15, 0.2) is 6.07 Å². The monoisotopic (exact) mass is 297 g/mol. The van der Waals surface area contributed by atoms with Crippen molar-refractivity contribution in [2.45, 2.75) is 20.8 Å².